The number of carbonyl (C=O) groups excluding carboxylic acids is 1. The Balaban J connectivity index is 2.63. The number of benzene rings is 1. The van der Waals surface area contributed by atoms with E-state index in [2.05, 4.69) is 10.6 Å². The number of rotatable bonds is 8. The van der Waals surface area contributed by atoms with Crippen LogP contribution in [0, 0.1) is 12.3 Å². The third-order valence-corrected chi connectivity index (χ3v) is 3.36. The molecule has 0 aliphatic heterocycles. The molecule has 0 saturated heterocycles. The minimum absolute atomic E-state index is 0.114. The van der Waals surface area contributed by atoms with Gasteiger partial charge in [0.1, 0.15) is 5.75 Å². The van der Waals surface area contributed by atoms with E-state index in [1.807, 2.05) is 45.9 Å². The van der Waals surface area contributed by atoms with Gasteiger partial charge in [-0.15, -0.1) is 0 Å². The summed E-state index contributed by atoms with van der Waals surface area (Å²) < 4.78 is 5.68. The molecule has 0 saturated carbocycles. The van der Waals surface area contributed by atoms with E-state index in [1.165, 1.54) is 0 Å². The summed E-state index contributed by atoms with van der Waals surface area (Å²) in [5, 5.41) is 14.7. The van der Waals surface area contributed by atoms with Gasteiger partial charge in [0.05, 0.1) is 12.3 Å². The summed E-state index contributed by atoms with van der Waals surface area (Å²) >= 11 is 0. The fourth-order valence-electron chi connectivity index (χ4n) is 1.94. The van der Waals surface area contributed by atoms with Gasteiger partial charge < -0.3 is 20.5 Å². The number of hydrogen-bond acceptors (Lipinski definition) is 3. The summed E-state index contributed by atoms with van der Waals surface area (Å²) in [4.78, 5) is 12.0. The van der Waals surface area contributed by atoms with Crippen molar-refractivity contribution in [2.24, 2.45) is 5.41 Å². The fraction of sp³-hybridized carbons (Fsp3) is 0.588. The predicted octanol–water partition coefficient (Wildman–Crippen LogP) is 3.31. The van der Waals surface area contributed by atoms with Crippen LogP contribution in [0.1, 0.15) is 39.2 Å². The summed E-state index contributed by atoms with van der Waals surface area (Å²) in [7, 11) is 0. The van der Waals surface area contributed by atoms with Gasteiger partial charge in [0, 0.05) is 13.2 Å². The topological polar surface area (TPSA) is 70.6 Å². The lowest BCUT2D eigenvalue weighted by Crippen LogP contribution is -2.37. The maximum atomic E-state index is 12.0. The second kappa shape index (κ2) is 8.63. The van der Waals surface area contributed by atoms with Crippen molar-refractivity contribution in [2.45, 2.75) is 40.5 Å². The minimum atomic E-state index is -0.267. The van der Waals surface area contributed by atoms with Crippen molar-refractivity contribution in [3.05, 3.63) is 23.8 Å². The molecule has 0 radical (unpaired) electrons. The van der Waals surface area contributed by atoms with E-state index < -0.39 is 0 Å². The van der Waals surface area contributed by atoms with Crippen molar-refractivity contribution in [3.8, 4) is 5.75 Å². The van der Waals surface area contributed by atoms with Gasteiger partial charge in [-0.25, -0.2) is 4.79 Å². The standard InChI is InChI=1S/C17H28N2O3/c1-5-10-22-15-11-13(2)6-7-14(15)19-16(21)18-12-17(3,4)8-9-20/h6-7,11,20H,5,8-10,12H2,1-4H3,(H2,18,19,21). The quantitative estimate of drug-likeness (QED) is 0.690. The van der Waals surface area contributed by atoms with Crippen LogP contribution in [-0.2, 0) is 0 Å². The molecule has 0 spiro atoms. The Morgan fingerprint density at radius 1 is 1.36 bits per heavy atom. The molecule has 5 heteroatoms. The van der Waals surface area contributed by atoms with E-state index in [0.717, 1.165) is 12.0 Å². The molecule has 0 fully saturated rings. The molecule has 124 valence electrons. The molecule has 3 N–H and O–H groups in total. The first-order valence-electron chi connectivity index (χ1n) is 7.77. The number of aliphatic hydroxyl groups is 1. The van der Waals surface area contributed by atoms with Gasteiger partial charge in [-0.05, 0) is 42.9 Å². The zero-order valence-corrected chi connectivity index (χ0v) is 14.0. The molecular formula is C17H28N2O3. The number of amides is 2. The van der Waals surface area contributed by atoms with E-state index in [1.54, 1.807) is 0 Å². The molecule has 0 aliphatic rings. The molecule has 1 aromatic carbocycles. The Morgan fingerprint density at radius 3 is 2.73 bits per heavy atom. The number of carbonyl (C=O) groups is 1. The van der Waals surface area contributed by atoms with Crippen LogP contribution >= 0.6 is 0 Å². The maximum absolute atomic E-state index is 12.0. The van der Waals surface area contributed by atoms with Gasteiger partial charge in [-0.3, -0.25) is 0 Å². The lowest BCUT2D eigenvalue weighted by atomic mass is 9.90. The van der Waals surface area contributed by atoms with Crippen molar-refractivity contribution < 1.29 is 14.6 Å². The lowest BCUT2D eigenvalue weighted by Gasteiger charge is -2.24. The molecule has 5 nitrogen and oxygen atoms in total. The molecular weight excluding hydrogens is 280 g/mol. The van der Waals surface area contributed by atoms with Crippen LogP contribution in [0.15, 0.2) is 18.2 Å². The first-order valence-corrected chi connectivity index (χ1v) is 7.77. The molecule has 22 heavy (non-hydrogen) atoms. The number of ether oxygens (including phenoxy) is 1. The van der Waals surface area contributed by atoms with Crippen molar-refractivity contribution in [2.75, 3.05) is 25.1 Å². The van der Waals surface area contributed by atoms with E-state index >= 15 is 0 Å². The largest absolute Gasteiger partial charge is 0.491 e. The number of aliphatic hydroxyl groups excluding tert-OH is 1. The van der Waals surface area contributed by atoms with Gasteiger partial charge in [-0.1, -0.05) is 26.8 Å². The van der Waals surface area contributed by atoms with Gasteiger partial charge in [0.25, 0.3) is 0 Å². The highest BCUT2D eigenvalue weighted by atomic mass is 16.5. The van der Waals surface area contributed by atoms with Gasteiger partial charge in [-0.2, -0.15) is 0 Å². The molecule has 0 bridgehead atoms. The average molecular weight is 308 g/mol. The van der Waals surface area contributed by atoms with Gasteiger partial charge >= 0.3 is 6.03 Å². The molecule has 0 aromatic heterocycles. The van der Waals surface area contributed by atoms with E-state index in [4.69, 9.17) is 9.84 Å². The molecule has 0 unspecified atom stereocenters. The monoisotopic (exact) mass is 308 g/mol. The maximum Gasteiger partial charge on any atom is 0.319 e. The molecule has 1 rings (SSSR count). The van der Waals surface area contributed by atoms with E-state index in [0.29, 0.717) is 31.0 Å². The Hall–Kier alpha value is -1.75. The molecule has 1 aromatic rings. The summed E-state index contributed by atoms with van der Waals surface area (Å²) in [6.07, 6.45) is 1.55. The molecule has 0 atom stereocenters. The van der Waals surface area contributed by atoms with Crippen molar-refractivity contribution >= 4 is 11.7 Å². The number of hydrogen-bond donors (Lipinski definition) is 3. The Labute approximate surface area is 133 Å². The number of aryl methyl sites for hydroxylation is 1. The SMILES string of the molecule is CCCOc1cc(C)ccc1NC(=O)NCC(C)(C)CCO. The predicted molar refractivity (Wildman–Crippen MR) is 89.5 cm³/mol. The highest BCUT2D eigenvalue weighted by Gasteiger charge is 2.18. The van der Waals surface area contributed by atoms with Crippen LogP contribution < -0.4 is 15.4 Å². The van der Waals surface area contributed by atoms with E-state index in [9.17, 15) is 4.79 Å². The van der Waals surface area contributed by atoms with Crippen LogP contribution in [0.3, 0.4) is 0 Å². The minimum Gasteiger partial charge on any atom is -0.491 e. The molecule has 0 heterocycles. The van der Waals surface area contributed by atoms with Crippen LogP contribution in [0.25, 0.3) is 0 Å². The smallest absolute Gasteiger partial charge is 0.319 e. The molecule has 2 amide bonds. The van der Waals surface area contributed by atoms with Gasteiger partial charge in [0.2, 0.25) is 0 Å². The first-order chi connectivity index (χ1) is 10.4. The summed E-state index contributed by atoms with van der Waals surface area (Å²) in [6.45, 7) is 9.26. The van der Waals surface area contributed by atoms with Crippen molar-refractivity contribution in [3.63, 3.8) is 0 Å². The van der Waals surface area contributed by atoms with Crippen LogP contribution in [-0.4, -0.2) is 30.9 Å². The first kappa shape index (κ1) is 18.3. The van der Waals surface area contributed by atoms with Gasteiger partial charge in [0.15, 0.2) is 0 Å². The average Bonchev–Trinajstić information content (AvgIpc) is 2.45. The second-order valence-corrected chi connectivity index (χ2v) is 6.29. The Morgan fingerprint density at radius 2 is 2.09 bits per heavy atom. The normalized spacial score (nSPS) is 11.1. The number of urea groups is 1. The zero-order chi connectivity index (χ0) is 16.6. The summed E-state index contributed by atoms with van der Waals surface area (Å²) in [5.74, 6) is 0.687. The fourth-order valence-corrected chi connectivity index (χ4v) is 1.94. The molecule has 0 aliphatic carbocycles. The third-order valence-electron chi connectivity index (χ3n) is 3.36. The highest BCUT2D eigenvalue weighted by molar-refractivity contribution is 5.91. The van der Waals surface area contributed by atoms with E-state index in [-0.39, 0.29) is 18.1 Å². The third kappa shape index (κ3) is 6.35. The van der Waals surface area contributed by atoms with Crippen LogP contribution in [0.2, 0.25) is 0 Å². The number of nitrogens with one attached hydrogen (secondary N) is 2. The summed E-state index contributed by atoms with van der Waals surface area (Å²) in [5.41, 5.74) is 1.61. The highest BCUT2D eigenvalue weighted by Crippen LogP contribution is 2.26. The van der Waals surface area contributed by atoms with Crippen LogP contribution in [0.4, 0.5) is 10.5 Å². The second-order valence-electron chi connectivity index (χ2n) is 6.29. The lowest BCUT2D eigenvalue weighted by molar-refractivity contribution is 0.204. The summed E-state index contributed by atoms with van der Waals surface area (Å²) in [6, 6.07) is 5.43. The number of anilines is 1. The Bertz CT molecular complexity index is 487. The van der Waals surface area contributed by atoms with Crippen molar-refractivity contribution in [1.82, 2.24) is 5.32 Å². The Kier molecular flexibility index (Phi) is 7.18. The van der Waals surface area contributed by atoms with Crippen molar-refractivity contribution in [1.29, 1.82) is 0 Å². The zero-order valence-electron chi connectivity index (χ0n) is 14.0. The van der Waals surface area contributed by atoms with Crippen LogP contribution in [0.5, 0.6) is 5.75 Å².